The molecule has 0 spiro atoms. The second-order valence-corrected chi connectivity index (χ2v) is 6.13. The van der Waals surface area contributed by atoms with Gasteiger partial charge in [0.2, 0.25) is 5.95 Å². The fourth-order valence-corrected chi connectivity index (χ4v) is 2.36. The lowest BCUT2D eigenvalue weighted by molar-refractivity contribution is 0.405. The van der Waals surface area contributed by atoms with Gasteiger partial charge in [0.05, 0.1) is 12.8 Å². The van der Waals surface area contributed by atoms with Crippen LogP contribution in [0.4, 0.5) is 17.5 Å². The molecule has 24 heavy (non-hydrogen) atoms. The van der Waals surface area contributed by atoms with E-state index < -0.39 is 0 Å². The standard InChI is InChI=1S/C18H27N5O/c1-13-7-8-16(24-5)15(11-13)21-17-12-14(2)20-18(22-17)19-9-6-10-23(3)4/h7-8,11-12H,6,9-10H2,1-5H3,(H2,19,20,21,22). The highest BCUT2D eigenvalue weighted by Gasteiger charge is 2.07. The lowest BCUT2D eigenvalue weighted by Crippen LogP contribution is -2.17. The lowest BCUT2D eigenvalue weighted by atomic mass is 10.2. The summed E-state index contributed by atoms with van der Waals surface area (Å²) in [4.78, 5) is 11.2. The highest BCUT2D eigenvalue weighted by Crippen LogP contribution is 2.28. The van der Waals surface area contributed by atoms with Crippen molar-refractivity contribution in [3.05, 3.63) is 35.5 Å². The minimum absolute atomic E-state index is 0.642. The molecule has 0 aliphatic heterocycles. The van der Waals surface area contributed by atoms with Gasteiger partial charge in [0.1, 0.15) is 11.6 Å². The lowest BCUT2D eigenvalue weighted by Gasteiger charge is -2.13. The molecule has 2 rings (SSSR count). The molecule has 0 aliphatic rings. The van der Waals surface area contributed by atoms with E-state index in [4.69, 9.17) is 4.74 Å². The first kappa shape index (κ1) is 18.0. The van der Waals surface area contributed by atoms with Crippen molar-refractivity contribution in [2.45, 2.75) is 20.3 Å². The Balaban J connectivity index is 2.09. The van der Waals surface area contributed by atoms with Crippen LogP contribution in [0.25, 0.3) is 0 Å². The molecule has 1 heterocycles. The Kier molecular flexibility index (Phi) is 6.37. The van der Waals surface area contributed by atoms with Gasteiger partial charge in [-0.2, -0.15) is 4.98 Å². The van der Waals surface area contributed by atoms with E-state index in [1.54, 1.807) is 7.11 Å². The molecule has 0 saturated carbocycles. The number of benzene rings is 1. The zero-order valence-electron chi connectivity index (χ0n) is 15.2. The smallest absolute Gasteiger partial charge is 0.224 e. The van der Waals surface area contributed by atoms with Gasteiger partial charge in [0.15, 0.2) is 0 Å². The van der Waals surface area contributed by atoms with E-state index in [2.05, 4.69) is 39.6 Å². The molecule has 2 N–H and O–H groups in total. The Bertz CT molecular complexity index is 672. The van der Waals surface area contributed by atoms with Crippen molar-refractivity contribution in [1.82, 2.24) is 14.9 Å². The Morgan fingerprint density at radius 2 is 1.92 bits per heavy atom. The van der Waals surface area contributed by atoms with Crippen LogP contribution in [0.3, 0.4) is 0 Å². The molecule has 0 bridgehead atoms. The molecular weight excluding hydrogens is 302 g/mol. The predicted octanol–water partition coefficient (Wildman–Crippen LogP) is 3.21. The van der Waals surface area contributed by atoms with Crippen molar-refractivity contribution >= 4 is 17.5 Å². The summed E-state index contributed by atoms with van der Waals surface area (Å²) in [5, 5.41) is 6.62. The van der Waals surface area contributed by atoms with Crippen LogP contribution in [0, 0.1) is 13.8 Å². The topological polar surface area (TPSA) is 62.3 Å². The van der Waals surface area contributed by atoms with Crippen molar-refractivity contribution in [2.24, 2.45) is 0 Å². The number of anilines is 3. The summed E-state index contributed by atoms with van der Waals surface area (Å²) in [6.45, 7) is 5.89. The molecule has 1 aromatic heterocycles. The van der Waals surface area contributed by atoms with Gasteiger partial charge in [0, 0.05) is 18.3 Å². The second kappa shape index (κ2) is 8.49. The third-order valence-corrected chi connectivity index (χ3v) is 3.54. The third-order valence-electron chi connectivity index (χ3n) is 3.54. The molecule has 1 aromatic carbocycles. The molecule has 0 unspecified atom stereocenters. The average molecular weight is 329 g/mol. The van der Waals surface area contributed by atoms with Crippen molar-refractivity contribution < 1.29 is 4.74 Å². The fourth-order valence-electron chi connectivity index (χ4n) is 2.36. The van der Waals surface area contributed by atoms with Crippen LogP contribution in [-0.4, -0.2) is 49.2 Å². The van der Waals surface area contributed by atoms with E-state index in [1.165, 1.54) is 0 Å². The predicted molar refractivity (Wildman–Crippen MR) is 99.4 cm³/mol. The highest BCUT2D eigenvalue weighted by atomic mass is 16.5. The number of methoxy groups -OCH3 is 1. The van der Waals surface area contributed by atoms with E-state index in [1.807, 2.05) is 38.1 Å². The number of rotatable bonds is 8. The van der Waals surface area contributed by atoms with Gasteiger partial charge in [-0.1, -0.05) is 6.07 Å². The van der Waals surface area contributed by atoms with E-state index in [9.17, 15) is 0 Å². The third kappa shape index (κ3) is 5.38. The first-order valence-electron chi connectivity index (χ1n) is 8.14. The van der Waals surface area contributed by atoms with Gasteiger partial charge in [-0.3, -0.25) is 0 Å². The van der Waals surface area contributed by atoms with Crippen molar-refractivity contribution in [2.75, 3.05) is 44.9 Å². The monoisotopic (exact) mass is 329 g/mol. The first-order chi connectivity index (χ1) is 11.5. The Morgan fingerprint density at radius 3 is 2.62 bits per heavy atom. The van der Waals surface area contributed by atoms with E-state index in [-0.39, 0.29) is 0 Å². The van der Waals surface area contributed by atoms with Gasteiger partial charge in [-0.25, -0.2) is 4.98 Å². The number of nitrogens with zero attached hydrogens (tertiary/aromatic N) is 3. The summed E-state index contributed by atoms with van der Waals surface area (Å²) in [6, 6.07) is 7.94. The number of ether oxygens (including phenoxy) is 1. The zero-order chi connectivity index (χ0) is 17.5. The molecule has 0 amide bonds. The number of aryl methyl sites for hydroxylation is 2. The average Bonchev–Trinajstić information content (AvgIpc) is 2.51. The summed E-state index contributed by atoms with van der Waals surface area (Å²) in [5.74, 6) is 2.18. The Hall–Kier alpha value is -2.34. The maximum absolute atomic E-state index is 5.41. The molecule has 6 nitrogen and oxygen atoms in total. The SMILES string of the molecule is COc1ccc(C)cc1Nc1cc(C)nc(NCCCN(C)C)n1. The van der Waals surface area contributed by atoms with Gasteiger partial charge in [-0.05, 0) is 58.6 Å². The van der Waals surface area contributed by atoms with Crippen molar-refractivity contribution in [3.8, 4) is 5.75 Å². The van der Waals surface area contributed by atoms with Gasteiger partial charge in [-0.15, -0.1) is 0 Å². The molecular formula is C18H27N5O. The molecule has 0 saturated heterocycles. The van der Waals surface area contributed by atoms with Crippen LogP contribution in [0.5, 0.6) is 5.75 Å². The second-order valence-electron chi connectivity index (χ2n) is 6.13. The highest BCUT2D eigenvalue weighted by molar-refractivity contribution is 5.65. The summed E-state index contributed by atoms with van der Waals surface area (Å²) < 4.78 is 5.41. The van der Waals surface area contributed by atoms with E-state index in [0.717, 1.165) is 48.0 Å². The largest absolute Gasteiger partial charge is 0.495 e. The van der Waals surface area contributed by atoms with Gasteiger partial charge >= 0.3 is 0 Å². The summed E-state index contributed by atoms with van der Waals surface area (Å²) in [7, 11) is 5.81. The molecule has 0 radical (unpaired) electrons. The minimum Gasteiger partial charge on any atom is -0.495 e. The molecule has 0 atom stereocenters. The number of nitrogens with one attached hydrogen (secondary N) is 2. The molecule has 0 fully saturated rings. The molecule has 0 aliphatic carbocycles. The van der Waals surface area contributed by atoms with Crippen LogP contribution < -0.4 is 15.4 Å². The molecule has 2 aromatic rings. The van der Waals surface area contributed by atoms with Crippen LogP contribution >= 0.6 is 0 Å². The summed E-state index contributed by atoms with van der Waals surface area (Å²) in [5.41, 5.74) is 2.97. The van der Waals surface area contributed by atoms with Crippen molar-refractivity contribution in [1.29, 1.82) is 0 Å². The van der Waals surface area contributed by atoms with Crippen LogP contribution in [0.2, 0.25) is 0 Å². The molecule has 6 heteroatoms. The fraction of sp³-hybridized carbons (Fsp3) is 0.444. The van der Waals surface area contributed by atoms with Crippen LogP contribution in [0.15, 0.2) is 24.3 Å². The summed E-state index contributed by atoms with van der Waals surface area (Å²) in [6.07, 6.45) is 1.04. The summed E-state index contributed by atoms with van der Waals surface area (Å²) >= 11 is 0. The number of hydrogen-bond donors (Lipinski definition) is 2. The van der Waals surface area contributed by atoms with Crippen LogP contribution in [0.1, 0.15) is 17.7 Å². The molecule has 130 valence electrons. The number of aromatic nitrogens is 2. The quantitative estimate of drug-likeness (QED) is 0.725. The van der Waals surface area contributed by atoms with Crippen LogP contribution in [-0.2, 0) is 0 Å². The van der Waals surface area contributed by atoms with E-state index >= 15 is 0 Å². The van der Waals surface area contributed by atoms with Crippen molar-refractivity contribution in [3.63, 3.8) is 0 Å². The maximum Gasteiger partial charge on any atom is 0.224 e. The zero-order valence-corrected chi connectivity index (χ0v) is 15.2. The van der Waals surface area contributed by atoms with Gasteiger partial charge in [0.25, 0.3) is 0 Å². The Labute approximate surface area is 144 Å². The van der Waals surface area contributed by atoms with E-state index in [0.29, 0.717) is 5.95 Å². The minimum atomic E-state index is 0.642. The number of hydrogen-bond acceptors (Lipinski definition) is 6. The van der Waals surface area contributed by atoms with Gasteiger partial charge < -0.3 is 20.3 Å². The Morgan fingerprint density at radius 1 is 1.12 bits per heavy atom. The normalized spacial score (nSPS) is 10.8. The first-order valence-corrected chi connectivity index (χ1v) is 8.14. The maximum atomic E-state index is 5.41.